The standard InChI is InChI=1S/C25H26F4N2O5S/c1-37(34,35)30-23(32)19-12-18(16-6-7-16)22(13-21(19)26)36-14-15-8-10-31(11-9-15)24(33)17-4-2-3-5-20(17)25(27,28)29/h2-5,12-13,15-16H,6-11,14H2,1H3,(H,30,32). The van der Waals surface area contributed by atoms with E-state index in [-0.39, 0.29) is 48.4 Å². The van der Waals surface area contributed by atoms with Crippen LogP contribution in [-0.4, -0.2) is 51.1 Å². The number of rotatable bonds is 7. The van der Waals surface area contributed by atoms with Crippen molar-refractivity contribution in [2.45, 2.75) is 37.8 Å². The van der Waals surface area contributed by atoms with Crippen LogP contribution in [0.15, 0.2) is 36.4 Å². The van der Waals surface area contributed by atoms with Crippen LogP contribution >= 0.6 is 0 Å². The summed E-state index contributed by atoms with van der Waals surface area (Å²) in [5.41, 5.74) is -1.11. The third kappa shape index (κ3) is 6.60. The van der Waals surface area contributed by atoms with Crippen LogP contribution in [0.5, 0.6) is 5.75 Å². The molecule has 2 aromatic rings. The maximum atomic E-state index is 14.7. The average molecular weight is 543 g/mol. The van der Waals surface area contributed by atoms with Gasteiger partial charge in [0.15, 0.2) is 0 Å². The topological polar surface area (TPSA) is 92.8 Å². The minimum atomic E-state index is -4.63. The molecule has 2 aliphatic rings. The molecule has 0 atom stereocenters. The quantitative estimate of drug-likeness (QED) is 0.526. The summed E-state index contributed by atoms with van der Waals surface area (Å²) in [6, 6.07) is 7.11. The number of likely N-dealkylation sites (tertiary alicyclic amines) is 1. The third-order valence-corrected chi connectivity index (χ3v) is 7.03. The first-order valence-electron chi connectivity index (χ1n) is 11.8. The van der Waals surface area contributed by atoms with Crippen molar-refractivity contribution >= 4 is 21.8 Å². The zero-order valence-electron chi connectivity index (χ0n) is 20.0. The molecule has 1 saturated carbocycles. The van der Waals surface area contributed by atoms with Crippen molar-refractivity contribution in [1.29, 1.82) is 0 Å². The molecule has 4 rings (SSSR count). The number of piperidine rings is 1. The molecule has 1 heterocycles. The summed E-state index contributed by atoms with van der Waals surface area (Å²) < 4.78 is 84.9. The van der Waals surface area contributed by atoms with Gasteiger partial charge in [0, 0.05) is 19.2 Å². The molecule has 200 valence electrons. The number of benzene rings is 2. The molecule has 2 fully saturated rings. The number of nitrogens with one attached hydrogen (secondary N) is 1. The van der Waals surface area contributed by atoms with Crippen LogP contribution in [0.25, 0.3) is 0 Å². The van der Waals surface area contributed by atoms with Crippen LogP contribution in [-0.2, 0) is 16.2 Å². The van der Waals surface area contributed by atoms with Gasteiger partial charge < -0.3 is 9.64 Å². The first-order chi connectivity index (χ1) is 17.3. The molecule has 0 radical (unpaired) electrons. The summed E-state index contributed by atoms with van der Waals surface area (Å²) in [5, 5.41) is 0. The summed E-state index contributed by atoms with van der Waals surface area (Å²) in [4.78, 5) is 26.4. The summed E-state index contributed by atoms with van der Waals surface area (Å²) in [6.45, 7) is 0.718. The van der Waals surface area contributed by atoms with E-state index in [2.05, 4.69) is 0 Å². The number of nitrogens with zero attached hydrogens (tertiary/aromatic N) is 1. The maximum Gasteiger partial charge on any atom is 0.417 e. The van der Waals surface area contributed by atoms with Crippen molar-refractivity contribution in [2.75, 3.05) is 26.0 Å². The number of hydrogen-bond donors (Lipinski definition) is 1. The Bertz CT molecular complexity index is 1300. The number of ether oxygens (including phenoxy) is 1. The van der Waals surface area contributed by atoms with Gasteiger partial charge in [0.1, 0.15) is 11.6 Å². The molecule has 37 heavy (non-hydrogen) atoms. The van der Waals surface area contributed by atoms with Crippen LogP contribution < -0.4 is 9.46 Å². The Balaban J connectivity index is 1.39. The highest BCUT2D eigenvalue weighted by molar-refractivity contribution is 7.89. The second-order valence-electron chi connectivity index (χ2n) is 9.44. The number of sulfonamides is 1. The van der Waals surface area contributed by atoms with Crippen molar-refractivity contribution < 1.29 is 40.3 Å². The lowest BCUT2D eigenvalue weighted by molar-refractivity contribution is -0.138. The van der Waals surface area contributed by atoms with Crippen molar-refractivity contribution in [2.24, 2.45) is 5.92 Å². The Morgan fingerprint density at radius 1 is 1.05 bits per heavy atom. The normalized spacial score (nSPS) is 16.9. The summed E-state index contributed by atoms with van der Waals surface area (Å²) in [6.07, 6.45) is -1.18. The molecule has 7 nitrogen and oxygen atoms in total. The first kappa shape index (κ1) is 26.9. The van der Waals surface area contributed by atoms with Gasteiger partial charge in [0.2, 0.25) is 10.0 Å². The third-order valence-electron chi connectivity index (χ3n) is 6.48. The van der Waals surface area contributed by atoms with Gasteiger partial charge >= 0.3 is 6.18 Å². The Kier molecular flexibility index (Phi) is 7.50. The van der Waals surface area contributed by atoms with Crippen LogP contribution in [0.2, 0.25) is 0 Å². The minimum absolute atomic E-state index is 0.00904. The molecular formula is C25H26F4N2O5S. The van der Waals surface area contributed by atoms with E-state index in [4.69, 9.17) is 4.74 Å². The molecule has 1 N–H and O–H groups in total. The van der Waals surface area contributed by atoms with Gasteiger partial charge in [-0.1, -0.05) is 12.1 Å². The minimum Gasteiger partial charge on any atom is -0.493 e. The van der Waals surface area contributed by atoms with Gasteiger partial charge in [-0.05, 0) is 61.3 Å². The van der Waals surface area contributed by atoms with Crippen molar-refractivity contribution in [1.82, 2.24) is 9.62 Å². The lowest BCUT2D eigenvalue weighted by Gasteiger charge is -2.32. The van der Waals surface area contributed by atoms with Crippen molar-refractivity contribution in [3.63, 3.8) is 0 Å². The van der Waals surface area contributed by atoms with E-state index < -0.39 is 39.4 Å². The number of carbonyl (C=O) groups excluding carboxylic acids is 2. The SMILES string of the molecule is CS(=O)(=O)NC(=O)c1cc(C2CC2)c(OCC2CCN(C(=O)c3ccccc3C(F)(F)F)CC2)cc1F. The highest BCUT2D eigenvalue weighted by Gasteiger charge is 2.36. The van der Waals surface area contributed by atoms with E-state index in [0.717, 1.165) is 31.2 Å². The van der Waals surface area contributed by atoms with Crippen molar-refractivity contribution in [3.8, 4) is 5.75 Å². The number of amides is 2. The van der Waals surface area contributed by atoms with Gasteiger partial charge in [-0.3, -0.25) is 9.59 Å². The highest BCUT2D eigenvalue weighted by atomic mass is 32.2. The smallest absolute Gasteiger partial charge is 0.417 e. The second kappa shape index (κ2) is 10.3. The van der Waals surface area contributed by atoms with E-state index in [1.165, 1.54) is 29.2 Å². The number of hydrogen-bond acceptors (Lipinski definition) is 5. The molecule has 0 unspecified atom stereocenters. The van der Waals surface area contributed by atoms with E-state index in [1.54, 1.807) is 4.72 Å². The van der Waals surface area contributed by atoms with Gasteiger partial charge in [-0.25, -0.2) is 17.5 Å². The van der Waals surface area contributed by atoms with Gasteiger partial charge in [0.25, 0.3) is 11.8 Å². The van der Waals surface area contributed by atoms with Gasteiger partial charge in [-0.2, -0.15) is 13.2 Å². The Morgan fingerprint density at radius 2 is 1.70 bits per heavy atom. The fourth-order valence-electron chi connectivity index (χ4n) is 4.40. The predicted octanol–water partition coefficient (Wildman–Crippen LogP) is 4.34. The Labute approximate surface area is 211 Å². The van der Waals surface area contributed by atoms with Crippen molar-refractivity contribution in [3.05, 3.63) is 64.5 Å². The zero-order valence-corrected chi connectivity index (χ0v) is 20.8. The summed E-state index contributed by atoms with van der Waals surface area (Å²) in [7, 11) is -3.86. The van der Waals surface area contributed by atoms with E-state index in [9.17, 15) is 35.6 Å². The largest absolute Gasteiger partial charge is 0.493 e. The molecule has 2 aromatic carbocycles. The lowest BCUT2D eigenvalue weighted by Crippen LogP contribution is -2.40. The molecular weight excluding hydrogens is 516 g/mol. The molecule has 1 aliphatic heterocycles. The average Bonchev–Trinajstić information content (AvgIpc) is 3.66. The Morgan fingerprint density at radius 3 is 2.30 bits per heavy atom. The maximum absolute atomic E-state index is 14.7. The molecule has 0 spiro atoms. The molecule has 2 amide bonds. The molecule has 0 bridgehead atoms. The van der Waals surface area contributed by atoms with Gasteiger partial charge in [-0.15, -0.1) is 0 Å². The zero-order chi connectivity index (χ0) is 27.0. The van der Waals surface area contributed by atoms with E-state index in [0.29, 0.717) is 18.4 Å². The predicted molar refractivity (Wildman–Crippen MR) is 126 cm³/mol. The molecule has 0 aromatic heterocycles. The highest BCUT2D eigenvalue weighted by Crippen LogP contribution is 2.45. The first-order valence-corrected chi connectivity index (χ1v) is 13.7. The number of alkyl halides is 3. The van der Waals surface area contributed by atoms with Crippen LogP contribution in [0, 0.1) is 11.7 Å². The molecule has 1 aliphatic carbocycles. The molecule has 12 heteroatoms. The second-order valence-corrected chi connectivity index (χ2v) is 11.2. The fourth-order valence-corrected chi connectivity index (χ4v) is 4.85. The summed E-state index contributed by atoms with van der Waals surface area (Å²) >= 11 is 0. The fraction of sp³-hybridized carbons (Fsp3) is 0.440. The monoisotopic (exact) mass is 542 g/mol. The number of halogens is 4. The van der Waals surface area contributed by atoms with Crippen LogP contribution in [0.4, 0.5) is 17.6 Å². The Hall–Kier alpha value is -3.15. The summed E-state index contributed by atoms with van der Waals surface area (Å²) in [5.74, 6) is -2.30. The molecule has 1 saturated heterocycles. The van der Waals surface area contributed by atoms with E-state index in [1.807, 2.05) is 0 Å². The van der Waals surface area contributed by atoms with Crippen LogP contribution in [0.1, 0.15) is 63.4 Å². The van der Waals surface area contributed by atoms with E-state index >= 15 is 0 Å². The number of carbonyl (C=O) groups is 2. The lowest BCUT2D eigenvalue weighted by atomic mass is 9.96. The van der Waals surface area contributed by atoms with Gasteiger partial charge in [0.05, 0.1) is 29.6 Å². The van der Waals surface area contributed by atoms with Crippen LogP contribution in [0.3, 0.4) is 0 Å².